The SMILES string of the molecule is Nc1cccnc1N.Nc1ncccc1NC(=O)c1ccc(Nc2nc(-c3cnc4ccccn34)cs2)cc1.Nc1ncccc1NC(=O)c1ccc(Nc2nc(-c3cnc4ccccn34)cs2)cc1.O=C(O)c1ccc(Nc2nc(-c3cnc4ccccn34)cs2)cc1. The summed E-state index contributed by atoms with van der Waals surface area (Å²) in [6.45, 7) is 0. The smallest absolute Gasteiger partial charge is 0.335 e. The lowest BCUT2D eigenvalue weighted by molar-refractivity contribution is 0.0696. The maximum atomic E-state index is 12.4. The van der Waals surface area contributed by atoms with Gasteiger partial charge in [-0.3, -0.25) is 22.8 Å². The number of carbonyl (C=O) groups excluding carboxylic acids is 2. The number of imidazole rings is 3. The topological polar surface area (TPSA) is 365 Å². The first kappa shape index (κ1) is 61.3. The van der Waals surface area contributed by atoms with Gasteiger partial charge in [-0.2, -0.15) is 0 Å². The number of amides is 2. The van der Waals surface area contributed by atoms with Crippen molar-refractivity contribution in [1.82, 2.24) is 58.1 Å². The molecule has 0 unspecified atom stereocenters. The third-order valence-corrected chi connectivity index (χ3v) is 16.0. The van der Waals surface area contributed by atoms with E-state index in [0.29, 0.717) is 34.0 Å². The van der Waals surface area contributed by atoms with Crippen LogP contribution in [0.2, 0.25) is 0 Å². The number of aromatic carboxylic acids is 1. The van der Waals surface area contributed by atoms with Crippen LogP contribution in [0.25, 0.3) is 51.1 Å². The molecule has 0 saturated heterocycles. The number of aromatic nitrogens is 12. The summed E-state index contributed by atoms with van der Waals surface area (Å²) in [6, 6.07) is 48.7. The normalized spacial score (nSPS) is 10.7. The minimum atomic E-state index is -0.939. The van der Waals surface area contributed by atoms with Crippen LogP contribution in [0.3, 0.4) is 0 Å². The molecule has 14 N–H and O–H groups in total. The van der Waals surface area contributed by atoms with Crippen LogP contribution in [-0.2, 0) is 0 Å². The first-order valence-corrected chi connectivity index (χ1v) is 31.0. The summed E-state index contributed by atoms with van der Waals surface area (Å²) in [6.07, 6.45) is 16.1. The Balaban J connectivity index is 0.000000128. The predicted octanol–water partition coefficient (Wildman–Crippen LogP) is 13.0. The first-order chi connectivity index (χ1) is 45.8. The fourth-order valence-corrected chi connectivity index (χ4v) is 11.2. The first-order valence-electron chi connectivity index (χ1n) is 28.3. The molecule has 2 amide bonds. The van der Waals surface area contributed by atoms with Crippen LogP contribution in [0.4, 0.5) is 67.0 Å². The number of nitrogen functional groups attached to an aromatic ring is 4. The van der Waals surface area contributed by atoms with E-state index in [1.54, 1.807) is 110 Å². The molecule has 464 valence electrons. The molecule has 28 heteroatoms. The molecule has 15 aromatic rings. The zero-order chi connectivity index (χ0) is 64.9. The fourth-order valence-electron chi connectivity index (χ4n) is 9.05. The van der Waals surface area contributed by atoms with Crippen LogP contribution in [0.15, 0.2) is 236 Å². The second-order valence-corrected chi connectivity index (χ2v) is 22.6. The summed E-state index contributed by atoms with van der Waals surface area (Å²) in [4.78, 5) is 74.5. The number of fused-ring (bicyclic) bond motifs is 3. The second-order valence-electron chi connectivity index (χ2n) is 20.0. The van der Waals surface area contributed by atoms with E-state index < -0.39 is 5.97 Å². The van der Waals surface area contributed by atoms with Crippen LogP contribution in [0, 0.1) is 0 Å². The standard InChI is InChI=1S/2C22H17N7OS.C17H12N4O2S.C5H7N3/c2*23-20-16(4-3-10-24-20)27-21(30)14-6-8-15(9-7-14)26-22-28-17(13-31-22)18-12-25-19-5-1-2-11-29(18)19;22-16(23)11-4-6-12(7-5-11)19-17-20-13(10-24-17)14-9-18-15-3-1-2-8-21(14)15;6-4-2-1-3-8-5(4)7/h2*1-13H,(H2,23,24)(H,26,28)(H,27,30);1-10H,(H,19,20)(H,22,23);1-3H,6H2,(H2,7,8). The average Bonchev–Trinajstić information content (AvgIpc) is 2.03. The van der Waals surface area contributed by atoms with Crippen molar-refractivity contribution in [2.45, 2.75) is 0 Å². The Hall–Kier alpha value is -12.9. The van der Waals surface area contributed by atoms with Gasteiger partial charge < -0.3 is 54.6 Å². The Kier molecular flexibility index (Phi) is 18.4. The largest absolute Gasteiger partial charge is 0.478 e. The third kappa shape index (κ3) is 14.7. The van der Waals surface area contributed by atoms with Crippen molar-refractivity contribution < 1.29 is 19.5 Å². The molecule has 0 aliphatic heterocycles. The van der Waals surface area contributed by atoms with E-state index in [1.807, 2.05) is 139 Å². The Morgan fingerprint density at radius 3 is 1.04 bits per heavy atom. The number of nitrogens with two attached hydrogens (primary N) is 4. The van der Waals surface area contributed by atoms with Gasteiger partial charge in [0, 0.05) is 81.5 Å². The van der Waals surface area contributed by atoms with Crippen molar-refractivity contribution in [1.29, 1.82) is 0 Å². The molecule has 3 aromatic carbocycles. The number of nitrogens with zero attached hydrogens (tertiary/aromatic N) is 12. The number of rotatable bonds is 14. The van der Waals surface area contributed by atoms with Gasteiger partial charge >= 0.3 is 5.97 Å². The molecular weight excluding hydrogens is 1250 g/mol. The van der Waals surface area contributed by atoms with E-state index in [1.165, 1.54) is 34.0 Å². The minimum Gasteiger partial charge on any atom is -0.478 e. The number of pyridine rings is 6. The van der Waals surface area contributed by atoms with E-state index in [9.17, 15) is 14.4 Å². The Morgan fingerprint density at radius 2 is 0.723 bits per heavy atom. The Morgan fingerprint density at radius 1 is 0.383 bits per heavy atom. The number of anilines is 12. The number of carbonyl (C=O) groups is 3. The van der Waals surface area contributed by atoms with E-state index >= 15 is 0 Å². The van der Waals surface area contributed by atoms with Crippen molar-refractivity contribution in [3.05, 3.63) is 252 Å². The van der Waals surface area contributed by atoms with E-state index in [0.717, 1.165) is 83.6 Å². The van der Waals surface area contributed by atoms with E-state index in [4.69, 9.17) is 28.0 Å². The average molecular weight is 1300 g/mol. The minimum absolute atomic E-state index is 0.254. The van der Waals surface area contributed by atoms with Gasteiger partial charge in [0.05, 0.1) is 58.3 Å². The Bertz CT molecular complexity index is 4890. The zero-order valence-electron chi connectivity index (χ0n) is 49.1. The van der Waals surface area contributed by atoms with Crippen LogP contribution in [0.5, 0.6) is 0 Å². The lowest BCUT2D eigenvalue weighted by Crippen LogP contribution is -2.13. The molecule has 0 fully saturated rings. The summed E-state index contributed by atoms with van der Waals surface area (Å²) < 4.78 is 5.99. The van der Waals surface area contributed by atoms with Crippen molar-refractivity contribution >= 4 is 136 Å². The van der Waals surface area contributed by atoms with Crippen LogP contribution in [-0.4, -0.2) is 80.9 Å². The number of benzene rings is 3. The predicted molar refractivity (Wildman–Crippen MR) is 371 cm³/mol. The molecule has 0 aliphatic carbocycles. The van der Waals surface area contributed by atoms with Crippen LogP contribution < -0.4 is 49.5 Å². The van der Waals surface area contributed by atoms with Gasteiger partial charge in [-0.1, -0.05) is 18.2 Å². The lowest BCUT2D eigenvalue weighted by atomic mass is 10.2. The van der Waals surface area contributed by atoms with Gasteiger partial charge in [0.25, 0.3) is 11.8 Å². The van der Waals surface area contributed by atoms with Crippen molar-refractivity contribution in [3.63, 3.8) is 0 Å². The second kappa shape index (κ2) is 28.3. The monoisotopic (exact) mass is 1300 g/mol. The molecule has 0 spiro atoms. The lowest BCUT2D eigenvalue weighted by Gasteiger charge is -2.08. The van der Waals surface area contributed by atoms with E-state index in [-0.39, 0.29) is 29.0 Å². The highest BCUT2D eigenvalue weighted by Crippen LogP contribution is 2.32. The zero-order valence-corrected chi connectivity index (χ0v) is 51.5. The highest BCUT2D eigenvalue weighted by molar-refractivity contribution is 7.14. The molecule has 0 saturated carbocycles. The highest BCUT2D eigenvalue weighted by atomic mass is 32.1. The summed E-state index contributed by atoms with van der Waals surface area (Å²) in [5.74, 6) is -0.497. The van der Waals surface area contributed by atoms with Gasteiger partial charge in [0.2, 0.25) is 0 Å². The van der Waals surface area contributed by atoms with Gasteiger partial charge in [-0.25, -0.2) is 49.7 Å². The van der Waals surface area contributed by atoms with Crippen molar-refractivity contribution in [2.75, 3.05) is 49.5 Å². The van der Waals surface area contributed by atoms with Gasteiger partial charge in [-0.15, -0.1) is 34.0 Å². The molecule has 12 aromatic heterocycles. The number of hydrogen-bond acceptors (Lipinski definition) is 22. The van der Waals surface area contributed by atoms with E-state index in [2.05, 4.69) is 71.4 Å². The maximum absolute atomic E-state index is 12.4. The Labute approximate surface area is 546 Å². The quantitative estimate of drug-likeness (QED) is 0.0483. The molecule has 12 heterocycles. The molecule has 0 bridgehead atoms. The summed E-state index contributed by atoms with van der Waals surface area (Å²) in [5, 5.41) is 32.4. The fraction of sp³-hybridized carbons (Fsp3) is 0. The summed E-state index contributed by atoms with van der Waals surface area (Å²) >= 11 is 4.49. The third-order valence-electron chi connectivity index (χ3n) is 13.8. The molecular formula is C66H53N21O4S3. The molecule has 0 radical (unpaired) electrons. The van der Waals surface area contributed by atoms with Gasteiger partial charge in [-0.05, 0) is 146 Å². The van der Waals surface area contributed by atoms with Gasteiger partial charge in [0.15, 0.2) is 15.4 Å². The number of nitrogens with one attached hydrogen (secondary N) is 5. The number of carboxylic acid groups (broad SMARTS) is 1. The van der Waals surface area contributed by atoms with Gasteiger partial charge in [0.1, 0.15) is 51.5 Å². The number of hydrogen-bond donors (Lipinski definition) is 10. The van der Waals surface area contributed by atoms with Crippen molar-refractivity contribution in [3.8, 4) is 34.2 Å². The summed E-state index contributed by atoms with van der Waals surface area (Å²) in [7, 11) is 0. The number of carboxylic acids is 1. The molecule has 0 atom stereocenters. The molecule has 25 nitrogen and oxygen atoms in total. The van der Waals surface area contributed by atoms with Crippen LogP contribution >= 0.6 is 34.0 Å². The molecule has 94 heavy (non-hydrogen) atoms. The molecule has 0 aliphatic rings. The maximum Gasteiger partial charge on any atom is 0.335 e. The molecule has 15 rings (SSSR count). The highest BCUT2D eigenvalue weighted by Gasteiger charge is 2.16. The number of thiazole rings is 3. The van der Waals surface area contributed by atoms with Crippen molar-refractivity contribution in [2.24, 2.45) is 0 Å². The van der Waals surface area contributed by atoms with Crippen LogP contribution in [0.1, 0.15) is 31.1 Å². The summed E-state index contributed by atoms with van der Waals surface area (Å²) in [5.41, 5.74) is 35.3.